The van der Waals surface area contributed by atoms with E-state index in [2.05, 4.69) is 10.2 Å². The minimum atomic E-state index is -0.124. The summed E-state index contributed by atoms with van der Waals surface area (Å²) in [6.45, 7) is 2.40. The van der Waals surface area contributed by atoms with Gasteiger partial charge in [-0.25, -0.2) is 0 Å². The van der Waals surface area contributed by atoms with Gasteiger partial charge < -0.3 is 11.1 Å². The van der Waals surface area contributed by atoms with Crippen molar-refractivity contribution in [1.82, 2.24) is 10.2 Å². The predicted octanol–water partition coefficient (Wildman–Crippen LogP) is 2.47. The third-order valence-corrected chi connectivity index (χ3v) is 4.35. The second-order valence-electron chi connectivity index (χ2n) is 5.12. The molecule has 1 amide bonds. The van der Waals surface area contributed by atoms with Gasteiger partial charge >= 0.3 is 0 Å². The molecule has 1 aliphatic rings. The molecule has 0 spiro atoms. The Morgan fingerprint density at radius 1 is 1.33 bits per heavy atom. The zero-order valence-electron chi connectivity index (χ0n) is 11.4. The van der Waals surface area contributed by atoms with Crippen molar-refractivity contribution in [3.05, 3.63) is 33.8 Å². The summed E-state index contributed by atoms with van der Waals surface area (Å²) in [5.74, 6) is -0.124. The number of thiocarbonyl (C=S) groups is 1. The van der Waals surface area contributed by atoms with Gasteiger partial charge in [-0.15, -0.1) is 0 Å². The summed E-state index contributed by atoms with van der Waals surface area (Å²) < 4.78 is 0. The number of rotatable bonds is 4. The number of nitrogens with zero attached hydrogens (tertiary/aromatic N) is 1. The quantitative estimate of drug-likeness (QED) is 0.823. The van der Waals surface area contributed by atoms with Gasteiger partial charge in [0.2, 0.25) is 0 Å². The number of piperidine rings is 1. The molecule has 1 heterocycles. The molecule has 2 rings (SSSR count). The number of amides is 1. The molecule has 0 atom stereocenters. The average molecular weight is 346 g/mol. The summed E-state index contributed by atoms with van der Waals surface area (Å²) in [7, 11) is 0. The van der Waals surface area contributed by atoms with E-state index in [1.807, 2.05) is 0 Å². The Morgan fingerprint density at radius 2 is 2.00 bits per heavy atom. The Kier molecular flexibility index (Phi) is 5.81. The molecule has 4 nitrogen and oxygen atoms in total. The van der Waals surface area contributed by atoms with E-state index in [1.165, 1.54) is 0 Å². The number of benzene rings is 1. The van der Waals surface area contributed by atoms with Gasteiger partial charge in [0.1, 0.15) is 0 Å². The van der Waals surface area contributed by atoms with Crippen LogP contribution in [0.3, 0.4) is 0 Å². The highest BCUT2D eigenvalue weighted by Gasteiger charge is 2.21. The Balaban J connectivity index is 1.86. The van der Waals surface area contributed by atoms with Crippen molar-refractivity contribution in [3.8, 4) is 0 Å². The van der Waals surface area contributed by atoms with Crippen molar-refractivity contribution in [2.75, 3.05) is 19.6 Å². The molecular weight excluding hydrogens is 329 g/mol. The summed E-state index contributed by atoms with van der Waals surface area (Å²) in [5, 5.41) is 3.85. The van der Waals surface area contributed by atoms with Crippen molar-refractivity contribution < 1.29 is 4.79 Å². The zero-order chi connectivity index (χ0) is 15.4. The Bertz CT molecular complexity index is 545. The molecule has 0 aromatic heterocycles. The fourth-order valence-corrected chi connectivity index (χ4v) is 2.84. The zero-order valence-corrected chi connectivity index (χ0v) is 13.8. The number of carbonyl (C=O) groups is 1. The van der Waals surface area contributed by atoms with Crippen molar-refractivity contribution in [2.45, 2.75) is 18.9 Å². The van der Waals surface area contributed by atoms with Crippen LogP contribution in [0.15, 0.2) is 18.2 Å². The van der Waals surface area contributed by atoms with Gasteiger partial charge in [-0.1, -0.05) is 35.4 Å². The first-order chi connectivity index (χ1) is 9.95. The second-order valence-corrected chi connectivity index (χ2v) is 6.46. The van der Waals surface area contributed by atoms with Crippen LogP contribution in [0.25, 0.3) is 0 Å². The third kappa shape index (κ3) is 4.81. The number of carbonyl (C=O) groups excluding carboxylic acids is 1. The Morgan fingerprint density at radius 3 is 2.57 bits per heavy atom. The average Bonchev–Trinajstić information content (AvgIpc) is 2.43. The number of nitrogens with two attached hydrogens (primary N) is 1. The molecule has 114 valence electrons. The van der Waals surface area contributed by atoms with Gasteiger partial charge in [-0.3, -0.25) is 9.69 Å². The summed E-state index contributed by atoms with van der Waals surface area (Å²) in [4.78, 5) is 14.9. The standard InChI is InChI=1S/C14H17Cl2N3OS/c15-11-2-1-9(7-12(11)16)14(20)18-10-3-5-19(6-4-10)8-13(17)21/h1-2,7,10H,3-6,8H2,(H2,17,21)(H,18,20). The molecule has 0 saturated carbocycles. The first kappa shape index (κ1) is 16.5. The van der Waals surface area contributed by atoms with E-state index in [0.29, 0.717) is 27.1 Å². The van der Waals surface area contributed by atoms with Crippen molar-refractivity contribution in [1.29, 1.82) is 0 Å². The van der Waals surface area contributed by atoms with E-state index in [0.717, 1.165) is 25.9 Å². The highest BCUT2D eigenvalue weighted by Crippen LogP contribution is 2.22. The van der Waals surface area contributed by atoms with Crippen molar-refractivity contribution in [2.24, 2.45) is 5.73 Å². The van der Waals surface area contributed by atoms with Crippen molar-refractivity contribution in [3.63, 3.8) is 0 Å². The van der Waals surface area contributed by atoms with E-state index >= 15 is 0 Å². The SMILES string of the molecule is NC(=S)CN1CCC(NC(=O)c2ccc(Cl)c(Cl)c2)CC1. The lowest BCUT2D eigenvalue weighted by atomic mass is 10.0. The van der Waals surface area contributed by atoms with Crippen LogP contribution < -0.4 is 11.1 Å². The summed E-state index contributed by atoms with van der Waals surface area (Å²) in [5.41, 5.74) is 6.06. The molecule has 1 aliphatic heterocycles. The van der Waals surface area contributed by atoms with E-state index in [1.54, 1.807) is 18.2 Å². The van der Waals surface area contributed by atoms with Gasteiger partial charge in [0, 0.05) is 31.2 Å². The van der Waals surface area contributed by atoms with Gasteiger partial charge in [0.05, 0.1) is 15.0 Å². The smallest absolute Gasteiger partial charge is 0.251 e. The number of hydrogen-bond donors (Lipinski definition) is 2. The second kappa shape index (κ2) is 7.40. The van der Waals surface area contributed by atoms with Crippen molar-refractivity contribution >= 4 is 46.3 Å². The molecule has 0 radical (unpaired) electrons. The molecule has 3 N–H and O–H groups in total. The fraction of sp³-hybridized carbons (Fsp3) is 0.429. The lowest BCUT2D eigenvalue weighted by Crippen LogP contribution is -2.46. The lowest BCUT2D eigenvalue weighted by Gasteiger charge is -2.31. The normalized spacial score (nSPS) is 16.7. The number of hydrogen-bond acceptors (Lipinski definition) is 3. The maximum absolute atomic E-state index is 12.2. The van der Waals surface area contributed by atoms with Crippen LogP contribution in [-0.2, 0) is 0 Å². The van der Waals surface area contributed by atoms with E-state index in [4.69, 9.17) is 41.2 Å². The maximum Gasteiger partial charge on any atom is 0.251 e. The molecule has 1 fully saturated rings. The van der Waals surface area contributed by atoms with Crippen LogP contribution >= 0.6 is 35.4 Å². The van der Waals surface area contributed by atoms with Crippen LogP contribution in [0.2, 0.25) is 10.0 Å². The highest BCUT2D eigenvalue weighted by atomic mass is 35.5. The number of nitrogens with one attached hydrogen (secondary N) is 1. The largest absolute Gasteiger partial charge is 0.392 e. The molecule has 1 aromatic carbocycles. The Labute approximate surface area is 139 Å². The molecule has 7 heteroatoms. The fourth-order valence-electron chi connectivity index (χ4n) is 2.36. The summed E-state index contributed by atoms with van der Waals surface area (Å²) in [6, 6.07) is 5.05. The molecular formula is C14H17Cl2N3OS. The number of halogens is 2. The van der Waals surface area contributed by atoms with E-state index in [-0.39, 0.29) is 11.9 Å². The highest BCUT2D eigenvalue weighted by molar-refractivity contribution is 7.80. The molecule has 0 bridgehead atoms. The first-order valence-electron chi connectivity index (χ1n) is 6.72. The molecule has 21 heavy (non-hydrogen) atoms. The van der Waals surface area contributed by atoms with Crippen LogP contribution in [0.5, 0.6) is 0 Å². The summed E-state index contributed by atoms with van der Waals surface area (Å²) >= 11 is 16.7. The van der Waals surface area contributed by atoms with Crippen LogP contribution in [0, 0.1) is 0 Å². The van der Waals surface area contributed by atoms with Crippen LogP contribution in [0.1, 0.15) is 23.2 Å². The minimum Gasteiger partial charge on any atom is -0.392 e. The van der Waals surface area contributed by atoms with E-state index in [9.17, 15) is 4.79 Å². The Hall–Kier alpha value is -0.880. The van der Waals surface area contributed by atoms with Gasteiger partial charge in [0.25, 0.3) is 5.91 Å². The third-order valence-electron chi connectivity index (χ3n) is 3.48. The molecule has 0 unspecified atom stereocenters. The van der Waals surface area contributed by atoms with Gasteiger partial charge in [-0.2, -0.15) is 0 Å². The minimum absolute atomic E-state index is 0.124. The summed E-state index contributed by atoms with van der Waals surface area (Å²) in [6.07, 6.45) is 1.77. The lowest BCUT2D eigenvalue weighted by molar-refractivity contribution is 0.0915. The molecule has 1 saturated heterocycles. The van der Waals surface area contributed by atoms with Crippen LogP contribution in [-0.4, -0.2) is 41.5 Å². The molecule has 0 aliphatic carbocycles. The van der Waals surface area contributed by atoms with Gasteiger partial charge in [0.15, 0.2) is 0 Å². The molecule has 1 aromatic rings. The topological polar surface area (TPSA) is 58.4 Å². The van der Waals surface area contributed by atoms with Gasteiger partial charge in [-0.05, 0) is 31.0 Å². The predicted molar refractivity (Wildman–Crippen MR) is 90.2 cm³/mol. The van der Waals surface area contributed by atoms with Crippen LogP contribution in [0.4, 0.5) is 0 Å². The number of likely N-dealkylation sites (tertiary alicyclic amines) is 1. The first-order valence-corrected chi connectivity index (χ1v) is 7.88. The van der Waals surface area contributed by atoms with E-state index < -0.39 is 0 Å². The maximum atomic E-state index is 12.2. The monoisotopic (exact) mass is 345 g/mol.